The second-order valence-corrected chi connectivity index (χ2v) is 3.58. The number of aliphatic carboxylic acids is 1. The fourth-order valence-electron chi connectivity index (χ4n) is 0.869. The molecule has 0 spiro atoms. The van der Waals surface area contributed by atoms with Gasteiger partial charge in [-0.25, -0.2) is 4.98 Å². The molecule has 0 aromatic carbocycles. The number of carbonyl (C=O) groups is 1. The minimum Gasteiger partial charge on any atom is -0.550 e. The molecular formula is C7H8NO2S-. The monoisotopic (exact) mass is 170 g/mol. The summed E-state index contributed by atoms with van der Waals surface area (Å²) in [4.78, 5) is 15.1. The van der Waals surface area contributed by atoms with Crippen LogP contribution in [0.25, 0.3) is 0 Å². The number of rotatable bonds is 2. The maximum atomic E-state index is 10.2. The molecule has 0 saturated heterocycles. The molecule has 4 heteroatoms. The Kier molecular flexibility index (Phi) is 2.24. The molecule has 1 rings (SSSR count). The molecule has 0 radical (unpaired) electrons. The van der Waals surface area contributed by atoms with Crippen LogP contribution in [-0.2, 0) is 11.2 Å². The number of carbonyl (C=O) groups excluding carboxylic acids is 1. The highest BCUT2D eigenvalue weighted by Gasteiger charge is 2.03. The summed E-state index contributed by atoms with van der Waals surface area (Å²) < 4.78 is 0. The number of thiazole rings is 1. The molecule has 0 aliphatic heterocycles. The molecule has 1 aromatic heterocycles. The van der Waals surface area contributed by atoms with E-state index in [9.17, 15) is 9.90 Å². The van der Waals surface area contributed by atoms with Gasteiger partial charge in [0.1, 0.15) is 0 Å². The fourth-order valence-corrected chi connectivity index (χ4v) is 1.79. The van der Waals surface area contributed by atoms with Gasteiger partial charge in [0, 0.05) is 17.3 Å². The van der Waals surface area contributed by atoms with Crippen molar-refractivity contribution in [3.63, 3.8) is 0 Å². The Labute approximate surface area is 68.7 Å². The van der Waals surface area contributed by atoms with Gasteiger partial charge in [-0.15, -0.1) is 11.3 Å². The van der Waals surface area contributed by atoms with Crippen molar-refractivity contribution in [2.45, 2.75) is 20.3 Å². The molecule has 0 unspecified atom stereocenters. The Morgan fingerprint density at radius 3 is 2.64 bits per heavy atom. The average molecular weight is 170 g/mol. The van der Waals surface area contributed by atoms with Gasteiger partial charge >= 0.3 is 0 Å². The van der Waals surface area contributed by atoms with E-state index in [4.69, 9.17) is 0 Å². The third-order valence-corrected chi connectivity index (χ3v) is 2.38. The normalized spacial score (nSPS) is 10.0. The fraction of sp³-hybridized carbons (Fsp3) is 0.429. The highest BCUT2D eigenvalue weighted by atomic mass is 32.1. The number of aromatic nitrogens is 1. The molecule has 11 heavy (non-hydrogen) atoms. The molecule has 1 aromatic rings. The Morgan fingerprint density at radius 2 is 2.27 bits per heavy atom. The van der Waals surface area contributed by atoms with Crippen molar-refractivity contribution in [3.05, 3.63) is 15.6 Å². The lowest BCUT2D eigenvalue weighted by molar-refractivity contribution is -0.304. The topological polar surface area (TPSA) is 53.0 Å². The zero-order chi connectivity index (χ0) is 8.43. The highest BCUT2D eigenvalue weighted by molar-refractivity contribution is 7.11. The minimum atomic E-state index is -1.04. The lowest BCUT2D eigenvalue weighted by atomic mass is 10.3. The van der Waals surface area contributed by atoms with Crippen LogP contribution >= 0.6 is 11.3 Å². The Hall–Kier alpha value is -0.900. The van der Waals surface area contributed by atoms with Crippen LogP contribution in [0.15, 0.2) is 0 Å². The third kappa shape index (κ3) is 2.01. The number of carboxylic acids is 1. The van der Waals surface area contributed by atoms with Crippen LogP contribution in [0.5, 0.6) is 0 Å². The van der Waals surface area contributed by atoms with Gasteiger partial charge < -0.3 is 9.90 Å². The van der Waals surface area contributed by atoms with Crippen LogP contribution in [0.2, 0.25) is 0 Å². The van der Waals surface area contributed by atoms with Gasteiger partial charge in [-0.05, 0) is 13.8 Å². The van der Waals surface area contributed by atoms with Crippen molar-refractivity contribution in [1.82, 2.24) is 4.98 Å². The quantitative estimate of drug-likeness (QED) is 0.630. The molecule has 0 bridgehead atoms. The molecule has 0 saturated carbocycles. The van der Waals surface area contributed by atoms with Crippen molar-refractivity contribution in [1.29, 1.82) is 0 Å². The average Bonchev–Trinajstić information content (AvgIpc) is 2.09. The maximum absolute atomic E-state index is 10.2. The number of nitrogens with zero attached hydrogens (tertiary/aromatic N) is 1. The van der Waals surface area contributed by atoms with Crippen molar-refractivity contribution in [2.75, 3.05) is 0 Å². The number of aryl methyl sites for hydroxylation is 2. The summed E-state index contributed by atoms with van der Waals surface area (Å²) in [6, 6.07) is 0. The van der Waals surface area contributed by atoms with Crippen LogP contribution < -0.4 is 5.11 Å². The van der Waals surface area contributed by atoms with Crippen molar-refractivity contribution in [2.24, 2.45) is 0 Å². The van der Waals surface area contributed by atoms with Gasteiger partial charge in [0.2, 0.25) is 0 Å². The number of hydrogen-bond donors (Lipinski definition) is 0. The van der Waals surface area contributed by atoms with Gasteiger partial charge in [0.15, 0.2) is 0 Å². The zero-order valence-corrected chi connectivity index (χ0v) is 7.20. The predicted octanol–water partition coefficient (Wildman–Crippen LogP) is 0.0523. The lowest BCUT2D eigenvalue weighted by Crippen LogP contribution is -2.24. The summed E-state index contributed by atoms with van der Waals surface area (Å²) in [6.45, 7) is 3.66. The second kappa shape index (κ2) is 3.00. The first-order valence-corrected chi connectivity index (χ1v) is 4.04. The van der Waals surface area contributed by atoms with Crippen LogP contribution in [0.3, 0.4) is 0 Å². The van der Waals surface area contributed by atoms with E-state index in [-0.39, 0.29) is 6.42 Å². The second-order valence-electron chi connectivity index (χ2n) is 2.29. The molecule has 1 heterocycles. The van der Waals surface area contributed by atoms with Crippen LogP contribution in [-0.4, -0.2) is 11.0 Å². The molecule has 0 N–H and O–H groups in total. The summed E-state index contributed by atoms with van der Waals surface area (Å²) in [6.07, 6.45) is -0.0165. The van der Waals surface area contributed by atoms with Gasteiger partial charge in [-0.3, -0.25) is 0 Å². The van der Waals surface area contributed by atoms with Gasteiger partial charge in [0.05, 0.1) is 10.7 Å². The first-order valence-electron chi connectivity index (χ1n) is 3.22. The largest absolute Gasteiger partial charge is 0.550 e. The SMILES string of the molecule is Cc1nc(C)c(CC(=O)[O-])s1. The third-order valence-electron chi connectivity index (χ3n) is 1.30. The van der Waals surface area contributed by atoms with E-state index >= 15 is 0 Å². The molecule has 60 valence electrons. The summed E-state index contributed by atoms with van der Waals surface area (Å²) in [5, 5.41) is 11.1. The molecule has 0 aliphatic carbocycles. The van der Waals surface area contributed by atoms with E-state index in [1.807, 2.05) is 13.8 Å². The van der Waals surface area contributed by atoms with Gasteiger partial charge in [-0.1, -0.05) is 0 Å². The summed E-state index contributed by atoms with van der Waals surface area (Å²) in [5.74, 6) is -1.04. The van der Waals surface area contributed by atoms with E-state index in [0.717, 1.165) is 15.6 Å². The smallest absolute Gasteiger partial charge is 0.0900 e. The zero-order valence-electron chi connectivity index (χ0n) is 6.38. The Balaban J connectivity index is 2.85. The number of hydrogen-bond acceptors (Lipinski definition) is 4. The molecular weight excluding hydrogens is 162 g/mol. The standard InChI is InChI=1S/C7H9NO2S/c1-4-6(3-7(9)10)11-5(2)8-4/h3H2,1-2H3,(H,9,10)/p-1. The van der Waals surface area contributed by atoms with Gasteiger partial charge in [-0.2, -0.15) is 0 Å². The highest BCUT2D eigenvalue weighted by Crippen LogP contribution is 2.16. The molecule has 0 aliphatic rings. The summed E-state index contributed by atoms with van der Waals surface area (Å²) >= 11 is 1.41. The predicted molar refractivity (Wildman–Crippen MR) is 40.3 cm³/mol. The summed E-state index contributed by atoms with van der Waals surface area (Å²) in [7, 11) is 0. The summed E-state index contributed by atoms with van der Waals surface area (Å²) in [5.41, 5.74) is 0.803. The van der Waals surface area contributed by atoms with Crippen molar-refractivity contribution >= 4 is 17.3 Å². The van der Waals surface area contributed by atoms with E-state index in [1.54, 1.807) is 0 Å². The molecule has 0 atom stereocenters. The van der Waals surface area contributed by atoms with E-state index < -0.39 is 5.97 Å². The molecule has 0 amide bonds. The molecule has 0 fully saturated rings. The van der Waals surface area contributed by atoms with Crippen LogP contribution in [0, 0.1) is 13.8 Å². The van der Waals surface area contributed by atoms with E-state index in [1.165, 1.54) is 11.3 Å². The van der Waals surface area contributed by atoms with Crippen molar-refractivity contribution < 1.29 is 9.90 Å². The molecule has 3 nitrogen and oxygen atoms in total. The Bertz CT molecular complexity index is 280. The lowest BCUT2D eigenvalue weighted by Gasteiger charge is -1.97. The Morgan fingerprint density at radius 1 is 1.64 bits per heavy atom. The first-order chi connectivity index (χ1) is 5.09. The van der Waals surface area contributed by atoms with E-state index in [0.29, 0.717) is 0 Å². The van der Waals surface area contributed by atoms with Gasteiger partial charge in [0.25, 0.3) is 0 Å². The minimum absolute atomic E-state index is 0.0165. The van der Waals surface area contributed by atoms with Crippen LogP contribution in [0.4, 0.5) is 0 Å². The van der Waals surface area contributed by atoms with Crippen LogP contribution in [0.1, 0.15) is 15.6 Å². The number of carboxylic acid groups (broad SMARTS) is 1. The van der Waals surface area contributed by atoms with Crippen molar-refractivity contribution in [3.8, 4) is 0 Å². The first kappa shape index (κ1) is 8.20. The maximum Gasteiger partial charge on any atom is 0.0900 e. The van der Waals surface area contributed by atoms with E-state index in [2.05, 4.69) is 4.98 Å².